The molecule has 1 amide bonds. The Morgan fingerprint density at radius 3 is 2.65 bits per heavy atom. The summed E-state index contributed by atoms with van der Waals surface area (Å²) in [4.78, 5) is 23.6. The molecule has 6 nitrogen and oxygen atoms in total. The van der Waals surface area contributed by atoms with Crippen molar-refractivity contribution in [2.24, 2.45) is 0 Å². The van der Waals surface area contributed by atoms with Crippen molar-refractivity contribution in [3.05, 3.63) is 71.0 Å². The Bertz CT molecular complexity index is 982. The summed E-state index contributed by atoms with van der Waals surface area (Å²) in [5.41, 5.74) is 2.06. The average Bonchev–Trinajstić information content (AvgIpc) is 2.96. The highest BCUT2D eigenvalue weighted by atomic mass is 35.5. The molecule has 2 aromatic carbocycles. The van der Waals surface area contributed by atoms with Gasteiger partial charge in [0.1, 0.15) is 5.75 Å². The van der Waals surface area contributed by atoms with Gasteiger partial charge in [-0.25, -0.2) is 9.48 Å². The first kappa shape index (κ1) is 17.7. The zero-order chi connectivity index (χ0) is 18.7. The normalized spacial score (nSPS) is 10.4. The van der Waals surface area contributed by atoms with E-state index in [1.165, 1.54) is 6.92 Å². The zero-order valence-corrected chi connectivity index (χ0v) is 14.9. The second-order valence-corrected chi connectivity index (χ2v) is 6.06. The summed E-state index contributed by atoms with van der Waals surface area (Å²) in [6.45, 7) is 3.17. The number of carbonyl (C=O) groups excluding carboxylic acids is 2. The number of esters is 1. The van der Waals surface area contributed by atoms with Crippen LogP contribution < -0.4 is 10.1 Å². The number of para-hydroxylation sites is 1. The van der Waals surface area contributed by atoms with Gasteiger partial charge in [0.25, 0.3) is 0 Å². The second kappa shape index (κ2) is 7.41. The third kappa shape index (κ3) is 3.92. The predicted molar refractivity (Wildman–Crippen MR) is 99.0 cm³/mol. The number of halogens is 1. The molecule has 0 radical (unpaired) electrons. The van der Waals surface area contributed by atoms with E-state index >= 15 is 0 Å². The van der Waals surface area contributed by atoms with Crippen LogP contribution >= 0.6 is 11.6 Å². The Labute approximate surface area is 155 Å². The Morgan fingerprint density at radius 2 is 1.92 bits per heavy atom. The van der Waals surface area contributed by atoms with Crippen LogP contribution in [0.2, 0.25) is 5.02 Å². The minimum atomic E-state index is -0.590. The van der Waals surface area contributed by atoms with Gasteiger partial charge in [-0.15, -0.1) is 0 Å². The van der Waals surface area contributed by atoms with E-state index in [1.54, 1.807) is 54.2 Å². The molecule has 0 aliphatic heterocycles. The van der Waals surface area contributed by atoms with Crippen LogP contribution in [0.15, 0.2) is 54.7 Å². The number of amides is 1. The van der Waals surface area contributed by atoms with Gasteiger partial charge >= 0.3 is 5.97 Å². The van der Waals surface area contributed by atoms with Crippen molar-refractivity contribution in [1.29, 1.82) is 0 Å². The molecule has 1 aromatic heterocycles. The highest BCUT2D eigenvalue weighted by Crippen LogP contribution is 2.22. The van der Waals surface area contributed by atoms with Crippen LogP contribution in [0, 0.1) is 6.92 Å². The number of aryl methyl sites for hydroxylation is 1. The third-order valence-electron chi connectivity index (χ3n) is 3.55. The summed E-state index contributed by atoms with van der Waals surface area (Å²) in [6.07, 6.45) is 1.71. The lowest BCUT2D eigenvalue weighted by atomic mass is 10.2. The van der Waals surface area contributed by atoms with E-state index in [2.05, 4.69) is 10.4 Å². The molecule has 1 N–H and O–H groups in total. The first-order valence-electron chi connectivity index (χ1n) is 7.85. The maximum atomic E-state index is 12.5. The molecule has 0 spiro atoms. The van der Waals surface area contributed by atoms with Crippen molar-refractivity contribution in [3.63, 3.8) is 0 Å². The van der Waals surface area contributed by atoms with Gasteiger partial charge in [0.15, 0.2) is 5.69 Å². The highest BCUT2D eigenvalue weighted by molar-refractivity contribution is 6.32. The highest BCUT2D eigenvalue weighted by Gasteiger charge is 2.18. The summed E-state index contributed by atoms with van der Waals surface area (Å²) in [5, 5.41) is 7.46. The molecule has 0 saturated heterocycles. The molecular weight excluding hydrogens is 354 g/mol. The molecule has 3 aromatic rings. The van der Waals surface area contributed by atoms with E-state index in [0.717, 1.165) is 0 Å². The molecule has 1 heterocycles. The monoisotopic (exact) mass is 369 g/mol. The molecule has 0 saturated carbocycles. The van der Waals surface area contributed by atoms with E-state index in [-0.39, 0.29) is 11.6 Å². The third-order valence-corrected chi connectivity index (χ3v) is 3.87. The standard InChI is InChI=1S/C19H16ClN3O3/c1-12-11-23(17-9-4-3-8-16(17)20)22-18(12)19(25)26-15-7-5-6-14(10-15)21-13(2)24/h3-11H,1-2H3,(H,21,24). The van der Waals surface area contributed by atoms with Crippen molar-refractivity contribution >= 4 is 29.2 Å². The number of hydrogen-bond donors (Lipinski definition) is 1. The van der Waals surface area contributed by atoms with Gasteiger partial charge < -0.3 is 10.1 Å². The lowest BCUT2D eigenvalue weighted by molar-refractivity contribution is -0.114. The van der Waals surface area contributed by atoms with Crippen molar-refractivity contribution in [1.82, 2.24) is 9.78 Å². The van der Waals surface area contributed by atoms with Gasteiger partial charge in [0.2, 0.25) is 5.91 Å². The fourth-order valence-corrected chi connectivity index (χ4v) is 2.64. The van der Waals surface area contributed by atoms with E-state index in [1.807, 2.05) is 12.1 Å². The van der Waals surface area contributed by atoms with Crippen LogP contribution in [-0.4, -0.2) is 21.7 Å². The van der Waals surface area contributed by atoms with Crippen molar-refractivity contribution in [2.75, 3.05) is 5.32 Å². The number of ether oxygens (including phenoxy) is 1. The van der Waals surface area contributed by atoms with Crippen LogP contribution in [0.1, 0.15) is 23.0 Å². The minimum absolute atomic E-state index is 0.190. The van der Waals surface area contributed by atoms with Crippen LogP contribution in [0.3, 0.4) is 0 Å². The summed E-state index contributed by atoms with van der Waals surface area (Å²) < 4.78 is 6.93. The molecule has 26 heavy (non-hydrogen) atoms. The molecule has 0 unspecified atom stereocenters. The molecule has 7 heteroatoms. The average molecular weight is 370 g/mol. The van der Waals surface area contributed by atoms with Gasteiger partial charge in [-0.05, 0) is 31.2 Å². The maximum absolute atomic E-state index is 12.5. The quantitative estimate of drug-likeness (QED) is 0.557. The van der Waals surface area contributed by atoms with Gasteiger partial charge in [0, 0.05) is 30.4 Å². The number of benzene rings is 2. The largest absolute Gasteiger partial charge is 0.422 e. The van der Waals surface area contributed by atoms with Crippen LogP contribution in [0.5, 0.6) is 5.75 Å². The number of nitrogens with one attached hydrogen (secondary N) is 1. The van der Waals surface area contributed by atoms with Gasteiger partial charge in [-0.1, -0.05) is 29.8 Å². The smallest absolute Gasteiger partial charge is 0.364 e. The van der Waals surface area contributed by atoms with E-state index in [9.17, 15) is 9.59 Å². The van der Waals surface area contributed by atoms with Gasteiger partial charge in [0.05, 0.1) is 10.7 Å². The molecule has 0 fully saturated rings. The SMILES string of the molecule is CC(=O)Nc1cccc(OC(=O)c2nn(-c3ccccc3Cl)cc2C)c1. The first-order chi connectivity index (χ1) is 12.4. The molecule has 0 atom stereocenters. The number of anilines is 1. The van der Waals surface area contributed by atoms with Gasteiger partial charge in [-0.3, -0.25) is 4.79 Å². The Balaban J connectivity index is 1.83. The topological polar surface area (TPSA) is 73.2 Å². The summed E-state index contributed by atoms with van der Waals surface area (Å²) >= 11 is 6.18. The molecule has 3 rings (SSSR count). The lowest BCUT2D eigenvalue weighted by Gasteiger charge is -2.06. The van der Waals surface area contributed by atoms with Gasteiger partial charge in [-0.2, -0.15) is 5.10 Å². The Kier molecular flexibility index (Phi) is 5.04. The molecule has 0 aliphatic rings. The number of carbonyl (C=O) groups is 2. The Morgan fingerprint density at radius 1 is 1.15 bits per heavy atom. The number of rotatable bonds is 4. The molecule has 132 valence electrons. The van der Waals surface area contributed by atoms with E-state index in [4.69, 9.17) is 16.3 Å². The zero-order valence-electron chi connectivity index (χ0n) is 14.2. The van der Waals surface area contributed by atoms with Crippen molar-refractivity contribution in [2.45, 2.75) is 13.8 Å². The molecular formula is C19H16ClN3O3. The molecule has 0 bridgehead atoms. The summed E-state index contributed by atoms with van der Waals surface area (Å²) in [7, 11) is 0. The second-order valence-electron chi connectivity index (χ2n) is 5.66. The van der Waals surface area contributed by atoms with Crippen LogP contribution in [0.4, 0.5) is 5.69 Å². The number of nitrogens with zero attached hydrogens (tertiary/aromatic N) is 2. The van der Waals surface area contributed by atoms with Crippen LogP contribution in [0.25, 0.3) is 5.69 Å². The molecule has 0 aliphatic carbocycles. The minimum Gasteiger partial charge on any atom is -0.422 e. The van der Waals surface area contributed by atoms with E-state index in [0.29, 0.717) is 27.7 Å². The fraction of sp³-hybridized carbons (Fsp3) is 0.105. The Hall–Kier alpha value is -3.12. The fourth-order valence-electron chi connectivity index (χ4n) is 2.42. The lowest BCUT2D eigenvalue weighted by Crippen LogP contribution is -2.12. The number of hydrogen-bond acceptors (Lipinski definition) is 4. The summed E-state index contributed by atoms with van der Waals surface area (Å²) in [5.74, 6) is -0.482. The first-order valence-corrected chi connectivity index (χ1v) is 8.23. The predicted octanol–water partition coefficient (Wildman–Crippen LogP) is 4.01. The van der Waals surface area contributed by atoms with E-state index < -0.39 is 5.97 Å². The van der Waals surface area contributed by atoms with Crippen molar-refractivity contribution < 1.29 is 14.3 Å². The van der Waals surface area contributed by atoms with Crippen LogP contribution in [-0.2, 0) is 4.79 Å². The number of aromatic nitrogens is 2. The summed E-state index contributed by atoms with van der Waals surface area (Å²) in [6, 6.07) is 13.8. The maximum Gasteiger partial charge on any atom is 0.364 e. The van der Waals surface area contributed by atoms with Crippen molar-refractivity contribution in [3.8, 4) is 11.4 Å².